The van der Waals surface area contributed by atoms with E-state index in [9.17, 15) is 0 Å². The molecule has 0 fully saturated rings. The summed E-state index contributed by atoms with van der Waals surface area (Å²) < 4.78 is 0. The van der Waals surface area contributed by atoms with Crippen LogP contribution in [0.5, 0.6) is 0 Å². The maximum absolute atomic E-state index is 4.68. The highest BCUT2D eigenvalue weighted by Crippen LogP contribution is 2.18. The number of fused-ring (bicyclic) bond motifs is 8. The van der Waals surface area contributed by atoms with Crippen LogP contribution in [0.2, 0.25) is 0 Å². The summed E-state index contributed by atoms with van der Waals surface area (Å²) in [5.74, 6) is 0. The average molecular weight is 298 g/mol. The first-order chi connectivity index (χ1) is 11.3. The first kappa shape index (κ1) is 12.3. The van der Waals surface area contributed by atoms with E-state index in [1.165, 1.54) is 0 Å². The second-order valence-electron chi connectivity index (χ2n) is 5.77. The topological polar surface area (TPSA) is 59.7 Å². The van der Waals surface area contributed by atoms with E-state index in [0.717, 1.165) is 44.8 Å². The molecule has 0 saturated carbocycles. The van der Waals surface area contributed by atoms with Gasteiger partial charge in [0.2, 0.25) is 0 Å². The molecule has 23 heavy (non-hydrogen) atoms. The van der Waals surface area contributed by atoms with Gasteiger partial charge in [0, 0.05) is 28.3 Å². The zero-order chi connectivity index (χ0) is 15.2. The molecular weight excluding hydrogens is 284 g/mol. The number of allylic oxidation sites excluding steroid dienone is 2. The van der Waals surface area contributed by atoms with Crippen molar-refractivity contribution in [2.45, 2.75) is 0 Å². The van der Waals surface area contributed by atoms with Crippen LogP contribution in [0.15, 0.2) is 59.4 Å². The van der Waals surface area contributed by atoms with Gasteiger partial charge in [0.25, 0.3) is 0 Å². The van der Waals surface area contributed by atoms with Crippen LogP contribution in [-0.4, -0.2) is 20.7 Å². The summed E-state index contributed by atoms with van der Waals surface area (Å²) in [5, 5.41) is 2.15. The number of hydrogen-bond acceptors (Lipinski definition) is 1. The number of aliphatic imine (C=N–C) groups is 1. The summed E-state index contributed by atoms with van der Waals surface area (Å²) in [4.78, 5) is 14.8. The van der Waals surface area contributed by atoms with Gasteiger partial charge in [-0.2, -0.15) is 0 Å². The smallest absolute Gasteiger partial charge is 0.0872 e. The molecule has 8 bridgehead atoms. The Hall–Kier alpha value is -3.27. The second-order valence-corrected chi connectivity index (χ2v) is 5.77. The van der Waals surface area contributed by atoms with Gasteiger partial charge in [-0.05, 0) is 66.3 Å². The van der Waals surface area contributed by atoms with E-state index in [4.69, 9.17) is 0 Å². The second kappa shape index (κ2) is 4.61. The van der Waals surface area contributed by atoms with Crippen LogP contribution >= 0.6 is 0 Å². The molecule has 4 nitrogen and oxygen atoms in total. The quantitative estimate of drug-likeness (QED) is 0.569. The first-order valence-electron chi connectivity index (χ1n) is 7.57. The van der Waals surface area contributed by atoms with E-state index in [0.29, 0.717) is 0 Å². The summed E-state index contributed by atoms with van der Waals surface area (Å²) in [6.45, 7) is 0. The third-order valence-electron chi connectivity index (χ3n) is 4.04. The van der Waals surface area contributed by atoms with Crippen LogP contribution in [0.1, 0.15) is 22.6 Å². The SMILES string of the molecule is C1=CC2=NC1=Cc1ccc([nH]1)C=c1ccc([nH]1)=Cc1c[nH]c2c1. The molecule has 3 aromatic rings. The van der Waals surface area contributed by atoms with E-state index in [-0.39, 0.29) is 0 Å². The highest BCUT2D eigenvalue weighted by Gasteiger charge is 2.09. The number of nitrogens with zero attached hydrogens (tertiary/aromatic N) is 1. The summed E-state index contributed by atoms with van der Waals surface area (Å²) in [6, 6.07) is 10.4. The highest BCUT2D eigenvalue weighted by molar-refractivity contribution is 6.10. The third-order valence-corrected chi connectivity index (χ3v) is 4.04. The van der Waals surface area contributed by atoms with Gasteiger partial charge in [-0.25, -0.2) is 4.99 Å². The lowest BCUT2D eigenvalue weighted by atomic mass is 10.2. The molecule has 0 saturated heterocycles. The van der Waals surface area contributed by atoms with Crippen LogP contribution < -0.4 is 10.7 Å². The molecule has 0 aliphatic carbocycles. The molecule has 5 heterocycles. The van der Waals surface area contributed by atoms with Crippen molar-refractivity contribution in [3.63, 3.8) is 0 Å². The monoisotopic (exact) mass is 298 g/mol. The molecule has 2 aliphatic heterocycles. The number of aromatic nitrogens is 3. The molecule has 2 aliphatic rings. The number of H-pyrrole nitrogens is 3. The molecular formula is C19H14N4. The zero-order valence-electron chi connectivity index (χ0n) is 12.3. The average Bonchev–Trinajstić information content (AvgIpc) is 3.28. The number of aromatic amines is 3. The normalized spacial score (nSPS) is 15.1. The fourth-order valence-electron chi connectivity index (χ4n) is 2.95. The molecule has 3 aromatic heterocycles. The minimum atomic E-state index is 0.949. The van der Waals surface area contributed by atoms with Crippen molar-refractivity contribution in [3.05, 3.63) is 87.7 Å². The van der Waals surface area contributed by atoms with Crippen molar-refractivity contribution in [2.24, 2.45) is 4.99 Å². The van der Waals surface area contributed by atoms with Gasteiger partial charge >= 0.3 is 0 Å². The standard InChI is InChI=1S/C19H14N4/c1-2-14-9-15-3-4-16(22-15)10-17-5-6-18(23-17)19-8-12(11-20-19)7-13(1)21-14/h1-11,20-22H. The van der Waals surface area contributed by atoms with Crippen molar-refractivity contribution in [1.82, 2.24) is 15.0 Å². The summed E-state index contributed by atoms with van der Waals surface area (Å²) in [6.07, 6.45) is 12.3. The molecule has 0 amide bonds. The van der Waals surface area contributed by atoms with Crippen LogP contribution in [0, 0.1) is 0 Å². The fraction of sp³-hybridized carbons (Fsp3) is 0. The van der Waals surface area contributed by atoms with E-state index in [1.54, 1.807) is 0 Å². The Kier molecular flexibility index (Phi) is 2.46. The van der Waals surface area contributed by atoms with Crippen LogP contribution in [0.4, 0.5) is 0 Å². The Morgan fingerprint density at radius 3 is 2.52 bits per heavy atom. The minimum Gasteiger partial charge on any atom is -0.359 e. The summed E-state index contributed by atoms with van der Waals surface area (Å²) >= 11 is 0. The van der Waals surface area contributed by atoms with Gasteiger partial charge in [-0.3, -0.25) is 0 Å². The molecule has 0 unspecified atom stereocenters. The van der Waals surface area contributed by atoms with Gasteiger partial charge in [-0.1, -0.05) is 0 Å². The van der Waals surface area contributed by atoms with Gasteiger partial charge in [0.15, 0.2) is 0 Å². The molecule has 0 spiro atoms. The molecule has 5 rings (SSSR count). The maximum atomic E-state index is 4.68. The van der Waals surface area contributed by atoms with Gasteiger partial charge in [0.1, 0.15) is 0 Å². The largest absolute Gasteiger partial charge is 0.359 e. The summed E-state index contributed by atoms with van der Waals surface area (Å²) in [5.41, 5.74) is 6.16. The van der Waals surface area contributed by atoms with E-state index in [2.05, 4.69) is 68.5 Å². The van der Waals surface area contributed by atoms with E-state index < -0.39 is 0 Å². The number of hydrogen-bond donors (Lipinski definition) is 3. The predicted molar refractivity (Wildman–Crippen MR) is 92.4 cm³/mol. The lowest BCUT2D eigenvalue weighted by Crippen LogP contribution is -2.09. The minimum absolute atomic E-state index is 0.949. The van der Waals surface area contributed by atoms with Crippen molar-refractivity contribution in [2.75, 3.05) is 0 Å². The van der Waals surface area contributed by atoms with Gasteiger partial charge < -0.3 is 15.0 Å². The molecule has 110 valence electrons. The fourth-order valence-corrected chi connectivity index (χ4v) is 2.95. The van der Waals surface area contributed by atoms with Crippen molar-refractivity contribution in [1.29, 1.82) is 0 Å². The van der Waals surface area contributed by atoms with Crippen molar-refractivity contribution < 1.29 is 0 Å². The van der Waals surface area contributed by atoms with Crippen molar-refractivity contribution >= 4 is 23.9 Å². The Balaban J connectivity index is 1.77. The van der Waals surface area contributed by atoms with Gasteiger partial charge in [0.05, 0.1) is 17.1 Å². The van der Waals surface area contributed by atoms with Crippen LogP contribution in [0.25, 0.3) is 18.2 Å². The maximum Gasteiger partial charge on any atom is 0.0872 e. The molecule has 0 radical (unpaired) electrons. The third kappa shape index (κ3) is 2.21. The van der Waals surface area contributed by atoms with Crippen LogP contribution in [-0.2, 0) is 0 Å². The van der Waals surface area contributed by atoms with E-state index in [1.807, 2.05) is 18.3 Å². The summed E-state index contributed by atoms with van der Waals surface area (Å²) in [7, 11) is 0. The molecule has 0 aromatic carbocycles. The Morgan fingerprint density at radius 1 is 0.783 bits per heavy atom. The predicted octanol–water partition coefficient (Wildman–Crippen LogP) is 2.04. The van der Waals surface area contributed by atoms with Crippen molar-refractivity contribution in [3.8, 4) is 0 Å². The molecule has 0 atom stereocenters. The highest BCUT2D eigenvalue weighted by atomic mass is 14.8. The Morgan fingerprint density at radius 2 is 1.61 bits per heavy atom. The number of nitrogens with one attached hydrogen (secondary N) is 3. The van der Waals surface area contributed by atoms with Crippen LogP contribution in [0.3, 0.4) is 0 Å². The zero-order valence-corrected chi connectivity index (χ0v) is 12.3. The number of rotatable bonds is 0. The lowest BCUT2D eigenvalue weighted by Gasteiger charge is -1.93. The lowest BCUT2D eigenvalue weighted by molar-refractivity contribution is 1.25. The van der Waals surface area contributed by atoms with E-state index >= 15 is 0 Å². The Labute approximate surface area is 132 Å². The van der Waals surface area contributed by atoms with Gasteiger partial charge in [-0.15, -0.1) is 0 Å². The molecule has 3 N–H and O–H groups in total. The Bertz CT molecular complexity index is 1110. The molecule has 4 heteroatoms. The first-order valence-corrected chi connectivity index (χ1v) is 7.57.